The van der Waals surface area contributed by atoms with Crippen LogP contribution in [0.2, 0.25) is 0 Å². The van der Waals surface area contributed by atoms with E-state index < -0.39 is 6.10 Å². The van der Waals surface area contributed by atoms with Gasteiger partial charge in [-0.25, -0.2) is 0 Å². The molecule has 1 aliphatic rings. The zero-order valence-corrected chi connectivity index (χ0v) is 13.7. The van der Waals surface area contributed by atoms with Crippen LogP contribution in [0.1, 0.15) is 34.8 Å². The lowest BCUT2D eigenvalue weighted by molar-refractivity contribution is 0.167. The van der Waals surface area contributed by atoms with Crippen LogP contribution in [0.5, 0.6) is 5.75 Å². The van der Waals surface area contributed by atoms with E-state index in [9.17, 15) is 5.11 Å². The van der Waals surface area contributed by atoms with Crippen LogP contribution in [0.3, 0.4) is 0 Å². The topological polar surface area (TPSA) is 29.5 Å². The minimum absolute atomic E-state index is 0.425. The summed E-state index contributed by atoms with van der Waals surface area (Å²) in [5.41, 5.74) is 4.70. The van der Waals surface area contributed by atoms with Gasteiger partial charge >= 0.3 is 0 Å². The van der Waals surface area contributed by atoms with E-state index in [1.54, 1.807) is 0 Å². The molecule has 1 unspecified atom stereocenters. The Balaban J connectivity index is 1.66. The molecule has 1 N–H and O–H groups in total. The molecule has 3 heteroatoms. The molecule has 0 aliphatic carbocycles. The summed E-state index contributed by atoms with van der Waals surface area (Å²) < 4.78 is 6.54. The number of hydrogen-bond acceptors (Lipinski definition) is 2. The number of fused-ring (bicyclic) bond motifs is 1. The summed E-state index contributed by atoms with van der Waals surface area (Å²) in [6, 6.07) is 12.5. The van der Waals surface area contributed by atoms with Gasteiger partial charge in [-0.15, -0.1) is 0 Å². The molecule has 0 bridgehead atoms. The SMILES string of the molecule is Cc1cc(Br)cc(C(O)CCc2ccc3c(c2)CCO3)c1. The third-order valence-electron chi connectivity index (χ3n) is 3.91. The van der Waals surface area contributed by atoms with E-state index in [4.69, 9.17) is 4.74 Å². The highest BCUT2D eigenvalue weighted by Crippen LogP contribution is 2.28. The molecule has 0 radical (unpaired) electrons. The minimum atomic E-state index is -0.425. The average molecular weight is 347 g/mol. The second-order valence-corrected chi connectivity index (χ2v) is 6.57. The zero-order valence-electron chi connectivity index (χ0n) is 12.1. The number of aryl methyl sites for hydroxylation is 2. The van der Waals surface area contributed by atoms with Crippen LogP contribution < -0.4 is 4.74 Å². The van der Waals surface area contributed by atoms with E-state index in [1.165, 1.54) is 11.1 Å². The zero-order chi connectivity index (χ0) is 14.8. The van der Waals surface area contributed by atoms with Crippen molar-refractivity contribution < 1.29 is 9.84 Å². The Morgan fingerprint density at radius 3 is 2.90 bits per heavy atom. The molecule has 1 heterocycles. The van der Waals surface area contributed by atoms with Crippen LogP contribution in [0.15, 0.2) is 40.9 Å². The number of aliphatic hydroxyl groups excluding tert-OH is 1. The van der Waals surface area contributed by atoms with Gasteiger partial charge in [0.05, 0.1) is 12.7 Å². The molecule has 0 saturated carbocycles. The first-order valence-corrected chi connectivity index (χ1v) is 8.11. The molecule has 1 aliphatic heterocycles. The number of rotatable bonds is 4. The summed E-state index contributed by atoms with van der Waals surface area (Å²) in [5.74, 6) is 1.02. The van der Waals surface area contributed by atoms with E-state index in [0.717, 1.165) is 47.2 Å². The van der Waals surface area contributed by atoms with Crippen molar-refractivity contribution in [2.75, 3.05) is 6.61 Å². The van der Waals surface area contributed by atoms with Gasteiger partial charge in [-0.1, -0.05) is 34.1 Å². The first-order valence-electron chi connectivity index (χ1n) is 7.31. The number of aliphatic hydroxyl groups is 1. The fourth-order valence-corrected chi connectivity index (χ4v) is 3.45. The van der Waals surface area contributed by atoms with Gasteiger partial charge in [-0.2, -0.15) is 0 Å². The van der Waals surface area contributed by atoms with E-state index >= 15 is 0 Å². The van der Waals surface area contributed by atoms with Gasteiger partial charge in [-0.3, -0.25) is 0 Å². The van der Waals surface area contributed by atoms with Gasteiger partial charge in [0, 0.05) is 10.9 Å². The maximum absolute atomic E-state index is 10.4. The van der Waals surface area contributed by atoms with Crippen LogP contribution in [0, 0.1) is 6.92 Å². The molecule has 2 nitrogen and oxygen atoms in total. The molecule has 1 atom stereocenters. The maximum atomic E-state index is 10.4. The van der Waals surface area contributed by atoms with Crippen molar-refractivity contribution in [2.45, 2.75) is 32.3 Å². The smallest absolute Gasteiger partial charge is 0.122 e. The summed E-state index contributed by atoms with van der Waals surface area (Å²) in [6.45, 7) is 2.83. The third-order valence-corrected chi connectivity index (χ3v) is 4.37. The molecule has 21 heavy (non-hydrogen) atoms. The Kier molecular flexibility index (Phi) is 4.32. The standard InChI is InChI=1S/C18H19BrO2/c1-12-8-15(11-16(19)9-12)17(20)4-2-13-3-5-18-14(10-13)6-7-21-18/h3,5,8-11,17,20H,2,4,6-7H2,1H3. The van der Waals surface area contributed by atoms with Crippen molar-refractivity contribution in [1.82, 2.24) is 0 Å². The predicted molar refractivity (Wildman–Crippen MR) is 87.8 cm³/mol. The maximum Gasteiger partial charge on any atom is 0.122 e. The molecule has 0 fully saturated rings. The first kappa shape index (κ1) is 14.6. The fraction of sp³-hybridized carbons (Fsp3) is 0.333. The van der Waals surface area contributed by atoms with Crippen molar-refractivity contribution in [2.24, 2.45) is 0 Å². The Morgan fingerprint density at radius 2 is 2.10 bits per heavy atom. The molecule has 0 aromatic heterocycles. The second kappa shape index (κ2) is 6.20. The lowest BCUT2D eigenvalue weighted by Gasteiger charge is -2.13. The molecule has 0 spiro atoms. The van der Waals surface area contributed by atoms with Gasteiger partial charge in [0.25, 0.3) is 0 Å². The minimum Gasteiger partial charge on any atom is -0.493 e. The Hall–Kier alpha value is -1.32. The van der Waals surface area contributed by atoms with Gasteiger partial charge in [-0.05, 0) is 60.2 Å². The van der Waals surface area contributed by atoms with Gasteiger partial charge in [0.15, 0.2) is 0 Å². The Bertz CT molecular complexity index is 631. The summed E-state index contributed by atoms with van der Waals surface area (Å²) in [6.07, 6.45) is 2.18. The van der Waals surface area contributed by atoms with Crippen LogP contribution in [0.4, 0.5) is 0 Å². The molecular formula is C18H19BrO2. The lowest BCUT2D eigenvalue weighted by atomic mass is 9.99. The van der Waals surface area contributed by atoms with E-state index in [2.05, 4.69) is 34.1 Å². The van der Waals surface area contributed by atoms with Gasteiger partial charge < -0.3 is 9.84 Å². The summed E-state index contributed by atoms with van der Waals surface area (Å²) in [5, 5.41) is 10.4. The van der Waals surface area contributed by atoms with Gasteiger partial charge in [0.1, 0.15) is 5.75 Å². The van der Waals surface area contributed by atoms with Crippen LogP contribution in [-0.4, -0.2) is 11.7 Å². The number of halogens is 1. The van der Waals surface area contributed by atoms with Crippen molar-refractivity contribution >= 4 is 15.9 Å². The third kappa shape index (κ3) is 3.47. The highest BCUT2D eigenvalue weighted by molar-refractivity contribution is 9.10. The quantitative estimate of drug-likeness (QED) is 0.891. The predicted octanol–water partition coefficient (Wildman–Crippen LogP) is 4.36. The highest BCUT2D eigenvalue weighted by atomic mass is 79.9. The number of hydrogen-bond donors (Lipinski definition) is 1. The highest BCUT2D eigenvalue weighted by Gasteiger charge is 2.13. The summed E-state index contributed by atoms with van der Waals surface area (Å²) >= 11 is 3.49. The van der Waals surface area contributed by atoms with E-state index in [0.29, 0.717) is 0 Å². The van der Waals surface area contributed by atoms with Crippen molar-refractivity contribution in [1.29, 1.82) is 0 Å². The molecular weight excluding hydrogens is 328 g/mol. The van der Waals surface area contributed by atoms with Gasteiger partial charge in [0.2, 0.25) is 0 Å². The monoisotopic (exact) mass is 346 g/mol. The first-order chi connectivity index (χ1) is 10.1. The summed E-state index contributed by atoms with van der Waals surface area (Å²) in [4.78, 5) is 0. The van der Waals surface area contributed by atoms with E-state index in [1.807, 2.05) is 25.1 Å². The van der Waals surface area contributed by atoms with Crippen LogP contribution in [0.25, 0.3) is 0 Å². The molecule has 0 amide bonds. The normalized spacial score (nSPS) is 14.6. The lowest BCUT2D eigenvalue weighted by Crippen LogP contribution is -2.00. The molecule has 110 valence electrons. The Labute approximate surface area is 133 Å². The van der Waals surface area contributed by atoms with Crippen LogP contribution in [-0.2, 0) is 12.8 Å². The fourth-order valence-electron chi connectivity index (χ4n) is 2.82. The molecule has 0 saturated heterocycles. The molecule has 2 aromatic carbocycles. The summed E-state index contributed by atoms with van der Waals surface area (Å²) in [7, 11) is 0. The average Bonchev–Trinajstić information content (AvgIpc) is 2.91. The van der Waals surface area contributed by atoms with Crippen molar-refractivity contribution in [3.05, 3.63) is 63.1 Å². The second-order valence-electron chi connectivity index (χ2n) is 5.66. The van der Waals surface area contributed by atoms with E-state index in [-0.39, 0.29) is 0 Å². The molecule has 2 aromatic rings. The largest absolute Gasteiger partial charge is 0.493 e. The Morgan fingerprint density at radius 1 is 1.24 bits per heavy atom. The number of ether oxygens (including phenoxy) is 1. The van der Waals surface area contributed by atoms with Crippen LogP contribution >= 0.6 is 15.9 Å². The van der Waals surface area contributed by atoms with Crippen molar-refractivity contribution in [3.63, 3.8) is 0 Å². The molecule has 3 rings (SSSR count). The van der Waals surface area contributed by atoms with Crippen molar-refractivity contribution in [3.8, 4) is 5.75 Å². The number of benzene rings is 2.